The van der Waals surface area contributed by atoms with Gasteiger partial charge in [-0.2, -0.15) is 5.26 Å². The standard InChI is InChI=1S/C11H17N3O2/c1-4-13(3)11(16)8(2)14-7-9(6-12)5-10(14)15/h8-9H,4-5,7H2,1-3H3. The minimum absolute atomic E-state index is 0.0746. The summed E-state index contributed by atoms with van der Waals surface area (Å²) < 4.78 is 0. The Balaban J connectivity index is 2.69. The maximum Gasteiger partial charge on any atom is 0.244 e. The van der Waals surface area contributed by atoms with Crippen LogP contribution in [0, 0.1) is 17.2 Å². The van der Waals surface area contributed by atoms with Crippen LogP contribution in [0.4, 0.5) is 0 Å². The van der Waals surface area contributed by atoms with Crippen molar-refractivity contribution in [3.8, 4) is 6.07 Å². The largest absolute Gasteiger partial charge is 0.344 e. The molecule has 0 aromatic rings. The number of hydrogen-bond acceptors (Lipinski definition) is 3. The van der Waals surface area contributed by atoms with E-state index in [-0.39, 0.29) is 24.2 Å². The molecule has 88 valence electrons. The summed E-state index contributed by atoms with van der Waals surface area (Å²) in [6.45, 7) is 4.59. The van der Waals surface area contributed by atoms with Crippen molar-refractivity contribution >= 4 is 11.8 Å². The minimum Gasteiger partial charge on any atom is -0.344 e. The average molecular weight is 223 g/mol. The maximum atomic E-state index is 11.9. The van der Waals surface area contributed by atoms with E-state index in [4.69, 9.17) is 5.26 Å². The Labute approximate surface area is 95.6 Å². The number of hydrogen-bond donors (Lipinski definition) is 0. The van der Waals surface area contributed by atoms with Gasteiger partial charge >= 0.3 is 0 Å². The van der Waals surface area contributed by atoms with E-state index in [1.807, 2.05) is 6.92 Å². The van der Waals surface area contributed by atoms with Crippen LogP contribution in [-0.4, -0.2) is 47.8 Å². The number of carbonyl (C=O) groups excluding carboxylic acids is 2. The van der Waals surface area contributed by atoms with Crippen LogP contribution in [0.5, 0.6) is 0 Å². The monoisotopic (exact) mass is 223 g/mol. The van der Waals surface area contributed by atoms with E-state index in [2.05, 4.69) is 6.07 Å². The number of nitrogens with zero attached hydrogens (tertiary/aromatic N) is 3. The molecule has 16 heavy (non-hydrogen) atoms. The highest BCUT2D eigenvalue weighted by molar-refractivity contribution is 5.88. The quantitative estimate of drug-likeness (QED) is 0.687. The van der Waals surface area contributed by atoms with Crippen molar-refractivity contribution in [3.05, 3.63) is 0 Å². The first-order chi connectivity index (χ1) is 7.51. The highest BCUT2D eigenvalue weighted by Gasteiger charge is 2.35. The van der Waals surface area contributed by atoms with Crippen molar-refractivity contribution in [2.75, 3.05) is 20.1 Å². The molecule has 0 aromatic heterocycles. The molecule has 1 aliphatic heterocycles. The molecule has 1 saturated heterocycles. The summed E-state index contributed by atoms with van der Waals surface area (Å²) in [7, 11) is 1.71. The van der Waals surface area contributed by atoms with Gasteiger partial charge in [-0.05, 0) is 13.8 Å². The van der Waals surface area contributed by atoms with Gasteiger partial charge in [0.1, 0.15) is 6.04 Å². The predicted octanol–water partition coefficient (Wildman–Crippen LogP) is 0.225. The molecule has 2 atom stereocenters. The zero-order valence-corrected chi connectivity index (χ0v) is 9.93. The molecule has 0 aromatic carbocycles. The van der Waals surface area contributed by atoms with Crippen LogP contribution in [0.15, 0.2) is 0 Å². The third-order valence-electron chi connectivity index (χ3n) is 3.02. The van der Waals surface area contributed by atoms with Crippen LogP contribution in [0.2, 0.25) is 0 Å². The molecule has 0 aliphatic carbocycles. The Morgan fingerprint density at radius 1 is 1.75 bits per heavy atom. The Bertz CT molecular complexity index is 335. The second-order valence-corrected chi connectivity index (χ2v) is 4.10. The van der Waals surface area contributed by atoms with Crippen LogP contribution in [0.25, 0.3) is 0 Å². The first-order valence-corrected chi connectivity index (χ1v) is 5.45. The van der Waals surface area contributed by atoms with Gasteiger partial charge in [0.05, 0.1) is 12.0 Å². The van der Waals surface area contributed by atoms with E-state index in [0.717, 1.165) is 0 Å². The van der Waals surface area contributed by atoms with Gasteiger partial charge in [0.15, 0.2) is 0 Å². The van der Waals surface area contributed by atoms with Gasteiger partial charge in [0.2, 0.25) is 11.8 Å². The summed E-state index contributed by atoms with van der Waals surface area (Å²) >= 11 is 0. The molecule has 0 saturated carbocycles. The lowest BCUT2D eigenvalue weighted by Gasteiger charge is -2.27. The highest BCUT2D eigenvalue weighted by atomic mass is 16.2. The first-order valence-electron chi connectivity index (χ1n) is 5.45. The van der Waals surface area contributed by atoms with Gasteiger partial charge in [-0.15, -0.1) is 0 Å². The van der Waals surface area contributed by atoms with Gasteiger partial charge in [0, 0.05) is 26.6 Å². The molecule has 1 heterocycles. The van der Waals surface area contributed by atoms with Crippen molar-refractivity contribution < 1.29 is 9.59 Å². The fourth-order valence-electron chi connectivity index (χ4n) is 1.80. The van der Waals surface area contributed by atoms with Gasteiger partial charge in [-0.1, -0.05) is 0 Å². The van der Waals surface area contributed by atoms with E-state index < -0.39 is 6.04 Å². The van der Waals surface area contributed by atoms with Crippen LogP contribution in [0.1, 0.15) is 20.3 Å². The van der Waals surface area contributed by atoms with Crippen LogP contribution < -0.4 is 0 Å². The van der Waals surface area contributed by atoms with E-state index in [9.17, 15) is 9.59 Å². The molecule has 0 N–H and O–H groups in total. The van der Waals surface area contributed by atoms with Crippen molar-refractivity contribution in [2.45, 2.75) is 26.3 Å². The fourth-order valence-corrected chi connectivity index (χ4v) is 1.80. The second kappa shape index (κ2) is 4.97. The van der Waals surface area contributed by atoms with E-state index >= 15 is 0 Å². The molecule has 2 amide bonds. The average Bonchev–Trinajstić information content (AvgIpc) is 2.67. The van der Waals surface area contributed by atoms with E-state index in [1.54, 1.807) is 18.9 Å². The summed E-state index contributed by atoms with van der Waals surface area (Å²) in [5.41, 5.74) is 0. The summed E-state index contributed by atoms with van der Waals surface area (Å²) in [5, 5.41) is 8.75. The Hall–Kier alpha value is -1.57. The Kier molecular flexibility index (Phi) is 3.88. The van der Waals surface area contributed by atoms with Crippen molar-refractivity contribution in [1.82, 2.24) is 9.80 Å². The Morgan fingerprint density at radius 2 is 2.38 bits per heavy atom. The molecule has 1 rings (SSSR count). The van der Waals surface area contributed by atoms with Gasteiger partial charge in [0.25, 0.3) is 0 Å². The minimum atomic E-state index is -0.462. The van der Waals surface area contributed by atoms with Crippen molar-refractivity contribution in [3.63, 3.8) is 0 Å². The number of nitriles is 1. The van der Waals surface area contributed by atoms with Crippen LogP contribution in [-0.2, 0) is 9.59 Å². The van der Waals surface area contributed by atoms with Gasteiger partial charge in [-0.25, -0.2) is 0 Å². The summed E-state index contributed by atoms with van der Waals surface area (Å²) in [4.78, 5) is 26.5. The van der Waals surface area contributed by atoms with E-state index in [1.165, 1.54) is 4.90 Å². The molecule has 5 heteroatoms. The van der Waals surface area contributed by atoms with Gasteiger partial charge < -0.3 is 9.80 Å². The normalized spacial score (nSPS) is 21.8. The number of amides is 2. The number of carbonyl (C=O) groups is 2. The molecule has 1 fully saturated rings. The molecule has 0 bridgehead atoms. The number of rotatable bonds is 3. The summed E-state index contributed by atoms with van der Waals surface area (Å²) in [5.74, 6) is -0.443. The highest BCUT2D eigenvalue weighted by Crippen LogP contribution is 2.20. The third-order valence-corrected chi connectivity index (χ3v) is 3.02. The lowest BCUT2D eigenvalue weighted by atomic mass is 10.1. The predicted molar refractivity (Wildman–Crippen MR) is 58.2 cm³/mol. The lowest BCUT2D eigenvalue weighted by molar-refractivity contribution is -0.141. The first kappa shape index (κ1) is 12.5. The zero-order chi connectivity index (χ0) is 12.3. The molecule has 1 aliphatic rings. The van der Waals surface area contributed by atoms with Crippen LogP contribution in [0.3, 0.4) is 0 Å². The molecular weight excluding hydrogens is 206 g/mol. The molecule has 5 nitrogen and oxygen atoms in total. The number of likely N-dealkylation sites (tertiary alicyclic amines) is 1. The molecule has 0 radical (unpaired) electrons. The maximum absolute atomic E-state index is 11.9. The van der Waals surface area contributed by atoms with Crippen molar-refractivity contribution in [2.24, 2.45) is 5.92 Å². The topological polar surface area (TPSA) is 64.4 Å². The SMILES string of the molecule is CCN(C)C(=O)C(C)N1CC(C#N)CC1=O. The van der Waals surface area contributed by atoms with Gasteiger partial charge in [-0.3, -0.25) is 9.59 Å². The fraction of sp³-hybridized carbons (Fsp3) is 0.727. The Morgan fingerprint density at radius 3 is 2.81 bits per heavy atom. The van der Waals surface area contributed by atoms with Crippen molar-refractivity contribution in [1.29, 1.82) is 5.26 Å². The van der Waals surface area contributed by atoms with E-state index in [0.29, 0.717) is 13.1 Å². The number of likely N-dealkylation sites (N-methyl/N-ethyl adjacent to an activating group) is 1. The summed E-state index contributed by atoms with van der Waals surface area (Å²) in [6, 6.07) is 1.61. The smallest absolute Gasteiger partial charge is 0.244 e. The third kappa shape index (κ3) is 2.32. The molecule has 0 spiro atoms. The molecule has 2 unspecified atom stereocenters. The molecular formula is C11H17N3O2. The zero-order valence-electron chi connectivity index (χ0n) is 9.93. The van der Waals surface area contributed by atoms with Crippen LogP contribution >= 0.6 is 0 Å². The second-order valence-electron chi connectivity index (χ2n) is 4.10. The lowest BCUT2D eigenvalue weighted by Crippen LogP contribution is -2.46. The summed E-state index contributed by atoms with van der Waals surface area (Å²) in [6.07, 6.45) is 0.240.